The average molecular weight is 190 g/mol. The summed E-state index contributed by atoms with van der Waals surface area (Å²) in [6, 6.07) is 0. The fraction of sp³-hybridized carbons (Fsp3) is 0.714. The van der Waals surface area contributed by atoms with E-state index in [1.165, 1.54) is 19.3 Å². The molecule has 0 nitrogen and oxygen atoms in total. The minimum Gasteiger partial charge on any atom is -0.0621 e. The van der Waals surface area contributed by atoms with E-state index in [2.05, 4.69) is 34.6 Å². The standard InChI is InChI=1S/C14H22/c1-9-11-7-6-8-12(11)10(2)13(9)14(3,4)5/h11H,6-8H2,1-5H3. The molecule has 2 aliphatic carbocycles. The monoisotopic (exact) mass is 190 g/mol. The molecule has 0 saturated heterocycles. The van der Waals surface area contributed by atoms with Crippen LogP contribution in [0, 0.1) is 11.3 Å². The van der Waals surface area contributed by atoms with Gasteiger partial charge in [0.25, 0.3) is 0 Å². The Morgan fingerprint density at radius 3 is 2.29 bits per heavy atom. The van der Waals surface area contributed by atoms with Crippen LogP contribution in [0.5, 0.6) is 0 Å². The van der Waals surface area contributed by atoms with E-state index in [0.29, 0.717) is 5.41 Å². The molecule has 1 atom stereocenters. The Morgan fingerprint density at radius 2 is 1.79 bits per heavy atom. The first-order chi connectivity index (χ1) is 6.43. The largest absolute Gasteiger partial charge is 0.0621 e. The van der Waals surface area contributed by atoms with Crippen molar-refractivity contribution in [1.29, 1.82) is 0 Å². The molecule has 0 heteroatoms. The predicted molar refractivity (Wildman–Crippen MR) is 62.2 cm³/mol. The van der Waals surface area contributed by atoms with E-state index >= 15 is 0 Å². The third kappa shape index (κ3) is 1.27. The van der Waals surface area contributed by atoms with E-state index < -0.39 is 0 Å². The molecule has 2 aliphatic rings. The van der Waals surface area contributed by atoms with Gasteiger partial charge in [0.1, 0.15) is 0 Å². The number of hydrogen-bond acceptors (Lipinski definition) is 0. The molecule has 0 bridgehead atoms. The van der Waals surface area contributed by atoms with Crippen LogP contribution in [0.3, 0.4) is 0 Å². The van der Waals surface area contributed by atoms with E-state index in [1.807, 2.05) is 0 Å². The van der Waals surface area contributed by atoms with Crippen LogP contribution in [-0.2, 0) is 0 Å². The van der Waals surface area contributed by atoms with Crippen LogP contribution in [0.15, 0.2) is 22.3 Å². The summed E-state index contributed by atoms with van der Waals surface area (Å²) in [5.41, 5.74) is 7.04. The van der Waals surface area contributed by atoms with Crippen LogP contribution in [0.25, 0.3) is 0 Å². The molecule has 0 aromatic heterocycles. The van der Waals surface area contributed by atoms with Crippen LogP contribution < -0.4 is 0 Å². The first-order valence-electron chi connectivity index (χ1n) is 5.84. The second-order valence-electron chi connectivity index (χ2n) is 5.90. The minimum absolute atomic E-state index is 0.339. The number of rotatable bonds is 0. The third-order valence-electron chi connectivity index (χ3n) is 3.88. The molecular weight excluding hydrogens is 168 g/mol. The average Bonchev–Trinajstić information content (AvgIpc) is 2.54. The first kappa shape index (κ1) is 10.0. The van der Waals surface area contributed by atoms with Crippen LogP contribution in [0.2, 0.25) is 0 Å². The lowest BCUT2D eigenvalue weighted by molar-refractivity contribution is 0.503. The molecule has 0 spiro atoms. The van der Waals surface area contributed by atoms with E-state index in [4.69, 9.17) is 0 Å². The summed E-state index contributed by atoms with van der Waals surface area (Å²) >= 11 is 0. The van der Waals surface area contributed by atoms with Crippen molar-refractivity contribution >= 4 is 0 Å². The van der Waals surface area contributed by atoms with Gasteiger partial charge >= 0.3 is 0 Å². The quantitative estimate of drug-likeness (QED) is 0.528. The predicted octanol–water partition coefficient (Wildman–Crippen LogP) is 4.48. The van der Waals surface area contributed by atoms with E-state index in [9.17, 15) is 0 Å². The van der Waals surface area contributed by atoms with Crippen molar-refractivity contribution in [3.8, 4) is 0 Å². The molecule has 0 heterocycles. The summed E-state index contributed by atoms with van der Waals surface area (Å²) < 4.78 is 0. The molecule has 0 aromatic carbocycles. The van der Waals surface area contributed by atoms with Crippen molar-refractivity contribution in [3.05, 3.63) is 22.3 Å². The molecule has 14 heavy (non-hydrogen) atoms. The Bertz CT molecular complexity index is 320. The fourth-order valence-electron chi connectivity index (χ4n) is 3.56. The van der Waals surface area contributed by atoms with Crippen molar-refractivity contribution in [3.63, 3.8) is 0 Å². The maximum Gasteiger partial charge on any atom is 0.00162 e. The summed E-state index contributed by atoms with van der Waals surface area (Å²) in [7, 11) is 0. The number of fused-ring (bicyclic) bond motifs is 1. The second-order valence-corrected chi connectivity index (χ2v) is 5.90. The summed E-state index contributed by atoms with van der Waals surface area (Å²) in [6.45, 7) is 11.7. The molecule has 0 N–H and O–H groups in total. The van der Waals surface area contributed by atoms with Gasteiger partial charge in [-0.05, 0) is 49.7 Å². The SMILES string of the molecule is CC1=C2CCCC2C(C)=C1C(C)(C)C. The summed E-state index contributed by atoms with van der Waals surface area (Å²) in [4.78, 5) is 0. The Kier molecular flexibility index (Phi) is 2.13. The van der Waals surface area contributed by atoms with Crippen LogP contribution in [0.1, 0.15) is 53.9 Å². The Labute approximate surface area is 88.1 Å². The van der Waals surface area contributed by atoms with Gasteiger partial charge < -0.3 is 0 Å². The normalized spacial score (nSPS) is 27.6. The van der Waals surface area contributed by atoms with Gasteiger partial charge in [-0.1, -0.05) is 31.9 Å². The summed E-state index contributed by atoms with van der Waals surface area (Å²) in [5.74, 6) is 0.823. The van der Waals surface area contributed by atoms with E-state index in [1.54, 1.807) is 22.3 Å². The van der Waals surface area contributed by atoms with Gasteiger partial charge in [-0.2, -0.15) is 0 Å². The maximum absolute atomic E-state index is 2.35. The van der Waals surface area contributed by atoms with Crippen LogP contribution in [-0.4, -0.2) is 0 Å². The molecule has 0 radical (unpaired) electrons. The Morgan fingerprint density at radius 1 is 1.14 bits per heavy atom. The lowest BCUT2D eigenvalue weighted by Crippen LogP contribution is -2.11. The molecule has 1 fully saturated rings. The van der Waals surface area contributed by atoms with Crippen LogP contribution >= 0.6 is 0 Å². The van der Waals surface area contributed by atoms with Gasteiger partial charge in [-0.15, -0.1) is 0 Å². The highest BCUT2D eigenvalue weighted by atomic mass is 14.4. The van der Waals surface area contributed by atoms with Gasteiger partial charge in [0, 0.05) is 5.92 Å². The zero-order valence-electron chi connectivity index (χ0n) is 10.2. The molecule has 0 aromatic rings. The molecule has 0 aliphatic heterocycles. The fourth-order valence-corrected chi connectivity index (χ4v) is 3.56. The van der Waals surface area contributed by atoms with E-state index in [-0.39, 0.29) is 0 Å². The van der Waals surface area contributed by atoms with Crippen LogP contribution in [0.4, 0.5) is 0 Å². The van der Waals surface area contributed by atoms with Crippen molar-refractivity contribution in [2.45, 2.75) is 53.9 Å². The van der Waals surface area contributed by atoms with Gasteiger partial charge in [0.15, 0.2) is 0 Å². The number of allylic oxidation sites excluding steroid dienone is 4. The molecule has 2 rings (SSSR count). The maximum atomic E-state index is 2.35. The highest BCUT2D eigenvalue weighted by Crippen LogP contribution is 2.51. The van der Waals surface area contributed by atoms with Crippen molar-refractivity contribution in [1.82, 2.24) is 0 Å². The minimum atomic E-state index is 0.339. The number of hydrogen-bond donors (Lipinski definition) is 0. The summed E-state index contributed by atoms with van der Waals surface area (Å²) in [5, 5.41) is 0. The topological polar surface area (TPSA) is 0 Å². The van der Waals surface area contributed by atoms with Crippen molar-refractivity contribution in [2.75, 3.05) is 0 Å². The highest BCUT2D eigenvalue weighted by molar-refractivity contribution is 5.51. The zero-order chi connectivity index (χ0) is 10.5. The smallest absolute Gasteiger partial charge is 0.00162 e. The molecule has 1 saturated carbocycles. The lowest BCUT2D eigenvalue weighted by atomic mass is 9.81. The van der Waals surface area contributed by atoms with Crippen molar-refractivity contribution in [2.24, 2.45) is 11.3 Å². The Balaban J connectivity index is 2.48. The third-order valence-corrected chi connectivity index (χ3v) is 3.88. The van der Waals surface area contributed by atoms with Gasteiger partial charge in [-0.3, -0.25) is 0 Å². The van der Waals surface area contributed by atoms with Gasteiger partial charge in [-0.25, -0.2) is 0 Å². The van der Waals surface area contributed by atoms with Gasteiger partial charge in [0.05, 0.1) is 0 Å². The Hall–Kier alpha value is -0.520. The first-order valence-corrected chi connectivity index (χ1v) is 5.84. The van der Waals surface area contributed by atoms with Crippen molar-refractivity contribution < 1.29 is 0 Å². The molecular formula is C14H22. The molecule has 78 valence electrons. The van der Waals surface area contributed by atoms with Gasteiger partial charge in [0.2, 0.25) is 0 Å². The highest BCUT2D eigenvalue weighted by Gasteiger charge is 2.36. The summed E-state index contributed by atoms with van der Waals surface area (Å²) in [6.07, 6.45) is 4.16. The molecule has 1 unspecified atom stereocenters. The zero-order valence-corrected chi connectivity index (χ0v) is 10.2. The second kappa shape index (κ2) is 2.98. The molecule has 0 amide bonds. The van der Waals surface area contributed by atoms with E-state index in [0.717, 1.165) is 5.92 Å². The lowest BCUT2D eigenvalue weighted by Gasteiger charge is -2.24.